The predicted molar refractivity (Wildman–Crippen MR) is 301 cm³/mol. The Morgan fingerprint density at radius 3 is 1.19 bits per heavy atom. The van der Waals surface area contributed by atoms with Crippen LogP contribution in [-0.2, 0) is 25.7 Å². The maximum absolute atomic E-state index is 2.54. The summed E-state index contributed by atoms with van der Waals surface area (Å²) in [5, 5.41) is 8.19. The third-order valence-electron chi connectivity index (χ3n) is 14.9. The molecule has 0 radical (unpaired) electrons. The lowest BCUT2D eigenvalue weighted by Gasteiger charge is -2.31. The molecule has 11 rings (SSSR count). The van der Waals surface area contributed by atoms with E-state index in [4.69, 9.17) is 0 Å². The van der Waals surface area contributed by atoms with Gasteiger partial charge in [0, 0.05) is 34.1 Å². The fourth-order valence-electron chi connectivity index (χ4n) is 11.4. The van der Waals surface area contributed by atoms with Crippen molar-refractivity contribution in [2.75, 3.05) is 9.80 Å². The van der Waals surface area contributed by atoms with E-state index in [1.807, 2.05) is 0 Å². The zero-order valence-electron chi connectivity index (χ0n) is 40.9. The minimum atomic E-state index is -1.50. The van der Waals surface area contributed by atoms with Gasteiger partial charge in [0.2, 0.25) is 0 Å². The number of rotatable bonds is 10. The van der Waals surface area contributed by atoms with E-state index in [-0.39, 0.29) is 0 Å². The van der Waals surface area contributed by atoms with Gasteiger partial charge in [0.15, 0.2) is 0 Å². The third-order valence-corrected chi connectivity index (χ3v) is 19.1. The van der Waals surface area contributed by atoms with E-state index < -0.39 is 16.1 Å². The van der Waals surface area contributed by atoms with Crippen molar-refractivity contribution in [1.82, 2.24) is 0 Å². The molecule has 0 saturated heterocycles. The zero-order chi connectivity index (χ0) is 46.6. The van der Waals surface area contributed by atoms with Crippen LogP contribution in [0.15, 0.2) is 182 Å². The number of hydrogen-bond acceptors (Lipinski definition) is 2. The molecule has 2 nitrogen and oxygen atoms in total. The molecule has 9 aromatic rings. The third kappa shape index (κ3) is 8.22. The first-order chi connectivity index (χ1) is 33.0. The molecule has 4 heteroatoms. The predicted octanol–water partition coefficient (Wildman–Crippen LogP) is 17.1. The van der Waals surface area contributed by atoms with Crippen molar-refractivity contribution in [3.05, 3.63) is 204 Å². The first-order valence-corrected chi connectivity index (χ1v) is 32.2. The summed E-state index contributed by atoms with van der Waals surface area (Å²) in [6, 6.07) is 70.0. The first kappa shape index (κ1) is 44.1. The second-order valence-electron chi connectivity index (χ2n) is 21.4. The SMILES string of the molecule is C[Si](C)(C)c1ccc(N(c2ccccc2)c2ccc3c(-c4cccc5c4CCCC5)c4cc(N(c5ccccc5)c5ccc([Si-](C)(C)C)cc5)ccc4c(-c4cccc5c4CCCC5)c3c2)cc1. The van der Waals surface area contributed by atoms with Gasteiger partial charge >= 0.3 is 0 Å². The van der Waals surface area contributed by atoms with Gasteiger partial charge in [0.25, 0.3) is 0 Å². The summed E-state index contributed by atoms with van der Waals surface area (Å²) in [6.45, 7) is 14.6. The highest BCUT2D eigenvalue weighted by atomic mass is 28.3. The highest BCUT2D eigenvalue weighted by Gasteiger charge is 2.27. The number of fused-ring (bicyclic) bond motifs is 4. The van der Waals surface area contributed by atoms with Crippen LogP contribution in [0.1, 0.15) is 47.9 Å². The van der Waals surface area contributed by atoms with Gasteiger partial charge in [0.05, 0.1) is 8.07 Å². The van der Waals surface area contributed by atoms with Crippen molar-refractivity contribution in [2.24, 2.45) is 0 Å². The van der Waals surface area contributed by atoms with E-state index >= 15 is 0 Å². The van der Waals surface area contributed by atoms with Crippen molar-refractivity contribution in [3.63, 3.8) is 0 Å². The molecule has 0 fully saturated rings. The topological polar surface area (TPSA) is 6.48 Å². The van der Waals surface area contributed by atoms with Crippen LogP contribution in [0, 0.1) is 0 Å². The van der Waals surface area contributed by atoms with Crippen molar-refractivity contribution in [1.29, 1.82) is 0 Å². The maximum Gasteiger partial charge on any atom is 0.0775 e. The van der Waals surface area contributed by atoms with Crippen LogP contribution in [0.25, 0.3) is 43.8 Å². The smallest absolute Gasteiger partial charge is 0.0775 e. The largest absolute Gasteiger partial charge is 0.310 e. The molecule has 9 aromatic carbocycles. The maximum atomic E-state index is 2.54. The molecule has 0 unspecified atom stereocenters. The van der Waals surface area contributed by atoms with E-state index in [2.05, 4.69) is 231 Å². The Morgan fingerprint density at radius 2 is 0.765 bits per heavy atom. The van der Waals surface area contributed by atoms with E-state index in [1.54, 1.807) is 0 Å². The van der Waals surface area contributed by atoms with Crippen LogP contribution in [0.4, 0.5) is 34.1 Å². The van der Waals surface area contributed by atoms with Gasteiger partial charge in [-0.1, -0.05) is 134 Å². The van der Waals surface area contributed by atoms with E-state index in [1.165, 1.54) is 125 Å². The molecule has 0 aromatic heterocycles. The van der Waals surface area contributed by atoms with Crippen LogP contribution >= 0.6 is 0 Å². The summed E-state index contributed by atoms with van der Waals surface area (Å²) in [6.07, 6.45) is 9.44. The van der Waals surface area contributed by atoms with Gasteiger partial charge in [-0.05, 0) is 190 Å². The molecule has 0 heterocycles. The van der Waals surface area contributed by atoms with Crippen molar-refractivity contribution < 1.29 is 0 Å². The molecule has 0 atom stereocenters. The van der Waals surface area contributed by atoms with Crippen LogP contribution in [0.5, 0.6) is 0 Å². The first-order valence-electron chi connectivity index (χ1n) is 25.2. The number of anilines is 6. The number of benzene rings is 9. The molecule has 68 heavy (non-hydrogen) atoms. The molecule has 0 saturated carbocycles. The van der Waals surface area contributed by atoms with Crippen LogP contribution in [-0.4, -0.2) is 16.1 Å². The minimum Gasteiger partial charge on any atom is -0.310 e. The molecule has 0 amide bonds. The van der Waals surface area contributed by atoms with E-state index in [0.29, 0.717) is 0 Å². The highest BCUT2D eigenvalue weighted by Crippen LogP contribution is 2.50. The Bertz CT molecular complexity index is 3060. The minimum absolute atomic E-state index is 1.11. The van der Waals surface area contributed by atoms with Crippen LogP contribution in [0.2, 0.25) is 39.3 Å². The molecule has 0 aliphatic heterocycles. The van der Waals surface area contributed by atoms with Crippen LogP contribution < -0.4 is 20.2 Å². The second-order valence-corrected chi connectivity index (χ2v) is 31.6. The monoisotopic (exact) mass is 916 g/mol. The highest BCUT2D eigenvalue weighted by molar-refractivity contribution is 6.89. The van der Waals surface area contributed by atoms with E-state index in [9.17, 15) is 0 Å². The average molecular weight is 917 g/mol. The lowest BCUT2D eigenvalue weighted by atomic mass is 9.79. The van der Waals surface area contributed by atoms with Crippen LogP contribution in [0.3, 0.4) is 0 Å². The molecular formula is C64H64N2Si2-. The Kier molecular flexibility index (Phi) is 11.6. The van der Waals surface area contributed by atoms with Crippen molar-refractivity contribution in [3.8, 4) is 22.3 Å². The fraction of sp³-hybridized carbons (Fsp3) is 0.219. The Labute approximate surface area is 407 Å². The van der Waals surface area contributed by atoms with Gasteiger partial charge in [-0.25, -0.2) is 0 Å². The standard InChI is InChI=1S/C64H64N2Si2/c1-67(2,3)53-37-31-49(32-38-53)65(47-23-9-7-10-24-47)51-35-41-59-61(43-51)63(57-29-17-21-45-19-13-15-27-55(45)57)60-42-36-52(44-62(60)64(59)58-30-18-22-46-20-14-16-28-56(46)58)66(48-25-11-8-12-26-48)50-33-39-54(40-34-50)68(4,5)6/h7-12,17-18,21-26,29-44H,13-16,19-20,27-28H2,1-6H3/q-1. The van der Waals surface area contributed by atoms with Gasteiger partial charge in [-0.3, -0.25) is 0 Å². The summed E-state index contributed by atoms with van der Waals surface area (Å²) >= 11 is 0. The van der Waals surface area contributed by atoms with Gasteiger partial charge < -0.3 is 9.80 Å². The Balaban J connectivity index is 1.24. The van der Waals surface area contributed by atoms with Gasteiger partial charge in [0.1, 0.15) is 0 Å². The lowest BCUT2D eigenvalue weighted by molar-refractivity contribution is 0.687. The summed E-state index contributed by atoms with van der Waals surface area (Å²) < 4.78 is 0. The molecule has 0 spiro atoms. The number of hydrogen-bond donors (Lipinski definition) is 0. The summed E-state index contributed by atoms with van der Waals surface area (Å²) in [5.41, 5.74) is 18.6. The molecular weight excluding hydrogens is 853 g/mol. The Morgan fingerprint density at radius 1 is 0.368 bits per heavy atom. The zero-order valence-corrected chi connectivity index (χ0v) is 42.9. The Hall–Kier alpha value is -6.47. The van der Waals surface area contributed by atoms with Crippen molar-refractivity contribution in [2.45, 2.75) is 90.6 Å². The van der Waals surface area contributed by atoms with Gasteiger partial charge in [-0.15, -0.1) is 8.07 Å². The normalized spacial score (nSPS) is 13.9. The van der Waals surface area contributed by atoms with E-state index in [0.717, 1.165) is 37.1 Å². The molecule has 2 aliphatic rings. The quantitative estimate of drug-likeness (QED) is 0.0996. The number of para-hydroxylation sites is 2. The number of aryl methyl sites for hydroxylation is 2. The molecule has 339 valence electrons. The summed E-state index contributed by atoms with van der Waals surface area (Å²) in [5.74, 6) is 0. The summed E-state index contributed by atoms with van der Waals surface area (Å²) in [4.78, 5) is 4.94. The fourth-order valence-corrected chi connectivity index (χ4v) is 13.7. The lowest BCUT2D eigenvalue weighted by Crippen LogP contribution is -2.37. The molecule has 2 aliphatic carbocycles. The molecule has 0 N–H and O–H groups in total. The second kappa shape index (κ2) is 17.9. The molecule has 0 bridgehead atoms. The average Bonchev–Trinajstić information content (AvgIpc) is 3.36. The van der Waals surface area contributed by atoms with Gasteiger partial charge in [-0.2, -0.15) is 24.8 Å². The van der Waals surface area contributed by atoms with Crippen molar-refractivity contribution >= 4 is 82.2 Å². The number of nitrogens with zero attached hydrogens (tertiary/aromatic N) is 2. The summed E-state index contributed by atoms with van der Waals surface area (Å²) in [7, 11) is -3.00.